The van der Waals surface area contributed by atoms with Crippen molar-refractivity contribution >= 4 is 11.6 Å². The molecule has 3 heteroatoms. The molecule has 0 N–H and O–H groups in total. The number of benzene rings is 1. The number of nitrogens with zero attached hydrogens (tertiary/aromatic N) is 2. The van der Waals surface area contributed by atoms with Gasteiger partial charge in [0.2, 0.25) is 0 Å². The number of hydrogen-bond acceptors (Lipinski definition) is 2. The van der Waals surface area contributed by atoms with Crippen LogP contribution in [0.5, 0.6) is 0 Å². The summed E-state index contributed by atoms with van der Waals surface area (Å²) in [6, 6.07) is 29.5. The summed E-state index contributed by atoms with van der Waals surface area (Å²) in [6.45, 7) is 2.03. The Kier molecular flexibility index (Phi) is 9.23. The molecule has 0 spiro atoms. The predicted molar refractivity (Wildman–Crippen MR) is 102 cm³/mol. The van der Waals surface area contributed by atoms with E-state index in [1.807, 2.05) is 110 Å². The third kappa shape index (κ3) is 6.42. The summed E-state index contributed by atoms with van der Waals surface area (Å²) < 4.78 is 0. The molecule has 0 saturated heterocycles. The molecule has 0 unspecified atom stereocenters. The van der Waals surface area contributed by atoms with Crippen molar-refractivity contribution in [1.82, 2.24) is 0 Å². The Morgan fingerprint density at radius 2 is 1.54 bits per heavy atom. The molecule has 0 heterocycles. The zero-order valence-electron chi connectivity index (χ0n) is 14.4. The van der Waals surface area contributed by atoms with Crippen LogP contribution < -0.4 is 0 Å². The Morgan fingerprint density at radius 1 is 0.962 bits per heavy atom. The zero-order valence-corrected chi connectivity index (χ0v) is 15.5. The van der Waals surface area contributed by atoms with Crippen molar-refractivity contribution in [3.63, 3.8) is 0 Å². The van der Waals surface area contributed by atoms with Gasteiger partial charge in [-0.25, -0.2) is 22.7 Å². The van der Waals surface area contributed by atoms with E-state index in [0.717, 1.165) is 11.1 Å². The Morgan fingerprint density at radius 3 is 2.00 bits per heavy atom. The van der Waals surface area contributed by atoms with Gasteiger partial charge in [0.25, 0.3) is 0 Å². The van der Waals surface area contributed by atoms with Crippen LogP contribution in [0.4, 0.5) is 0 Å². The van der Waals surface area contributed by atoms with E-state index >= 15 is 0 Å². The molecule has 0 bridgehead atoms. The van der Waals surface area contributed by atoms with Crippen molar-refractivity contribution in [1.29, 1.82) is 10.5 Å². The summed E-state index contributed by atoms with van der Waals surface area (Å²) in [6.07, 6.45) is 3.73. The number of hydrogen-bond donors (Lipinski definition) is 0. The van der Waals surface area contributed by atoms with Crippen molar-refractivity contribution in [2.24, 2.45) is 0 Å². The van der Waals surface area contributed by atoms with Crippen molar-refractivity contribution in [3.05, 3.63) is 107 Å². The second-order valence-corrected chi connectivity index (χ2v) is 5.39. The fourth-order valence-electron chi connectivity index (χ4n) is 2.20. The maximum atomic E-state index is 9.06. The van der Waals surface area contributed by atoms with Crippen LogP contribution in [0.25, 0.3) is 11.6 Å². The summed E-state index contributed by atoms with van der Waals surface area (Å²) >= 11 is 0. The van der Waals surface area contributed by atoms with Gasteiger partial charge in [-0.05, 0) is 12.5 Å². The second kappa shape index (κ2) is 11.5. The molecule has 0 radical (unpaired) electrons. The molecule has 0 aliphatic carbocycles. The summed E-state index contributed by atoms with van der Waals surface area (Å²) in [5.41, 5.74) is 3.89. The molecular weight excluding hydrogens is 360 g/mol. The normalized spacial score (nSPS) is 9.19. The fraction of sp³-hybridized carbons (Fsp3) is 0.0435. The monoisotopic (exact) mass is 378 g/mol. The third-order valence-corrected chi connectivity index (χ3v) is 3.54. The maximum Gasteiger partial charge on any atom is 2.00 e. The SMILES string of the molecule is Cc1ccc(/C=C/C(=C(C#N)C#N)[c-]2cccc2)cc1.[Fe+2].c1cc[cH-]c1. The number of nitriles is 2. The minimum atomic E-state index is 0. The van der Waals surface area contributed by atoms with Gasteiger partial charge in [0.15, 0.2) is 0 Å². The van der Waals surface area contributed by atoms with Crippen LogP contribution in [0.3, 0.4) is 0 Å². The number of allylic oxidation sites excluding steroid dienone is 3. The van der Waals surface area contributed by atoms with Gasteiger partial charge in [0, 0.05) is 0 Å². The van der Waals surface area contributed by atoms with Crippen LogP contribution >= 0.6 is 0 Å². The van der Waals surface area contributed by atoms with E-state index in [1.165, 1.54) is 5.56 Å². The van der Waals surface area contributed by atoms with Crippen LogP contribution in [0.2, 0.25) is 0 Å². The molecule has 0 amide bonds. The Bertz CT molecular complexity index is 865. The molecule has 3 aromatic carbocycles. The molecule has 0 aliphatic rings. The molecule has 128 valence electrons. The van der Waals surface area contributed by atoms with Crippen LogP contribution in [-0.4, -0.2) is 0 Å². The average Bonchev–Trinajstić information content (AvgIpc) is 3.36. The van der Waals surface area contributed by atoms with Gasteiger partial charge in [-0.3, -0.25) is 0 Å². The molecule has 26 heavy (non-hydrogen) atoms. The quantitative estimate of drug-likeness (QED) is 0.257. The van der Waals surface area contributed by atoms with Crippen LogP contribution in [-0.2, 0) is 17.1 Å². The minimum Gasteiger partial charge on any atom is -0.214 e. The average molecular weight is 378 g/mol. The second-order valence-electron chi connectivity index (χ2n) is 5.39. The maximum absolute atomic E-state index is 9.06. The van der Waals surface area contributed by atoms with Crippen LogP contribution in [0, 0.1) is 29.6 Å². The van der Waals surface area contributed by atoms with Gasteiger partial charge in [-0.1, -0.05) is 47.0 Å². The number of rotatable bonds is 3. The summed E-state index contributed by atoms with van der Waals surface area (Å²) in [5, 5.41) is 18.1. The van der Waals surface area contributed by atoms with E-state index < -0.39 is 0 Å². The molecule has 0 aromatic heterocycles. The first-order valence-electron chi connectivity index (χ1n) is 7.92. The van der Waals surface area contributed by atoms with Crippen LogP contribution in [0.1, 0.15) is 16.7 Å². The van der Waals surface area contributed by atoms with E-state index in [0.29, 0.717) is 5.57 Å². The van der Waals surface area contributed by atoms with Crippen LogP contribution in [0.15, 0.2) is 90.5 Å². The van der Waals surface area contributed by atoms with Crippen molar-refractivity contribution in [3.8, 4) is 12.1 Å². The topological polar surface area (TPSA) is 47.6 Å². The number of aryl methyl sites for hydroxylation is 1. The van der Waals surface area contributed by atoms with E-state index in [2.05, 4.69) is 0 Å². The van der Waals surface area contributed by atoms with Gasteiger partial charge >= 0.3 is 17.1 Å². The molecule has 0 fully saturated rings. The Balaban J connectivity index is 0.000000486. The molecule has 2 nitrogen and oxygen atoms in total. The standard InChI is InChI=1S/C18H13N2.C5H5.Fe/c1-14-6-8-15(9-7-14)10-11-18(17(12-19)13-20)16-4-2-3-5-16;1-2-4-5-3-1;/h2-11H,1H3;1-5H;/q2*-1;+2/b11-10+;;. The predicted octanol–water partition coefficient (Wildman–Crippen LogP) is 5.63. The van der Waals surface area contributed by atoms with E-state index in [9.17, 15) is 0 Å². The summed E-state index contributed by atoms with van der Waals surface area (Å²) in [7, 11) is 0. The van der Waals surface area contributed by atoms with Gasteiger partial charge in [0.1, 0.15) is 0 Å². The van der Waals surface area contributed by atoms with Crippen molar-refractivity contribution < 1.29 is 17.1 Å². The molecule has 0 saturated carbocycles. The molecule has 3 rings (SSSR count). The van der Waals surface area contributed by atoms with E-state index in [-0.39, 0.29) is 22.6 Å². The van der Waals surface area contributed by atoms with Crippen molar-refractivity contribution in [2.75, 3.05) is 0 Å². The summed E-state index contributed by atoms with van der Waals surface area (Å²) in [5.74, 6) is 0. The first-order chi connectivity index (χ1) is 12.2. The van der Waals surface area contributed by atoms with Gasteiger partial charge in [-0.2, -0.15) is 30.3 Å². The van der Waals surface area contributed by atoms with Crippen molar-refractivity contribution in [2.45, 2.75) is 6.92 Å². The Hall–Kier alpha value is -3.10. The fourth-order valence-corrected chi connectivity index (χ4v) is 2.20. The zero-order chi connectivity index (χ0) is 17.9. The molecule has 0 atom stereocenters. The first kappa shape index (κ1) is 20.9. The van der Waals surface area contributed by atoms with Gasteiger partial charge < -0.3 is 0 Å². The Labute approximate surface area is 165 Å². The molecule has 3 aromatic rings. The summed E-state index contributed by atoms with van der Waals surface area (Å²) in [4.78, 5) is 0. The van der Waals surface area contributed by atoms with Gasteiger partial charge in [-0.15, -0.1) is 18.2 Å². The first-order valence-corrected chi connectivity index (χ1v) is 7.92. The van der Waals surface area contributed by atoms with E-state index in [4.69, 9.17) is 10.5 Å². The minimum absolute atomic E-state index is 0. The smallest absolute Gasteiger partial charge is 0.214 e. The van der Waals surface area contributed by atoms with E-state index in [1.54, 1.807) is 0 Å². The molecular formula is C23H18FeN2. The molecule has 0 aliphatic heterocycles. The largest absolute Gasteiger partial charge is 2.00 e. The third-order valence-electron chi connectivity index (χ3n) is 3.54. The van der Waals surface area contributed by atoms with Gasteiger partial charge in [0.05, 0.1) is 17.7 Å².